The lowest BCUT2D eigenvalue weighted by Crippen LogP contribution is -2.13. The Bertz CT molecular complexity index is 492. The van der Waals surface area contributed by atoms with E-state index in [0.717, 1.165) is 37.7 Å². The fraction of sp³-hybridized carbons (Fsp3) is 0.550. The lowest BCUT2D eigenvalue weighted by Gasteiger charge is -2.20. The normalized spacial score (nSPS) is 25.5. The average Bonchev–Trinajstić information content (AvgIpc) is 2.51. The summed E-state index contributed by atoms with van der Waals surface area (Å²) in [4.78, 5) is 11.7. The Balaban J connectivity index is 2.64. The lowest BCUT2D eigenvalue weighted by molar-refractivity contribution is -0.138. The first-order valence-corrected chi connectivity index (χ1v) is 8.23. The van der Waals surface area contributed by atoms with Gasteiger partial charge in [0.15, 0.2) is 0 Å². The summed E-state index contributed by atoms with van der Waals surface area (Å²) in [5, 5.41) is 0. The van der Waals surface area contributed by atoms with E-state index in [2.05, 4.69) is 32.6 Å². The summed E-state index contributed by atoms with van der Waals surface area (Å²) in [6, 6.07) is 0. The Morgan fingerprint density at radius 3 is 2.68 bits per heavy atom. The molecule has 0 aromatic heterocycles. The molecule has 0 amide bonds. The van der Waals surface area contributed by atoms with Gasteiger partial charge in [0, 0.05) is 5.57 Å². The second-order valence-electron chi connectivity index (χ2n) is 6.32. The van der Waals surface area contributed by atoms with Gasteiger partial charge >= 0.3 is 5.97 Å². The Kier molecular flexibility index (Phi) is 7.94. The van der Waals surface area contributed by atoms with Gasteiger partial charge < -0.3 is 4.74 Å². The highest BCUT2D eigenvalue weighted by Crippen LogP contribution is 2.26. The topological polar surface area (TPSA) is 26.3 Å². The Hall–Kier alpha value is -1.57. The minimum Gasteiger partial charge on any atom is -0.458 e. The maximum absolute atomic E-state index is 11.7. The number of esters is 1. The first-order chi connectivity index (χ1) is 10.4. The molecule has 0 aromatic rings. The minimum atomic E-state index is -0.244. The quantitative estimate of drug-likeness (QED) is 0.388. The third kappa shape index (κ3) is 6.46. The Labute approximate surface area is 135 Å². The first-order valence-electron chi connectivity index (χ1n) is 8.23. The molecule has 122 valence electrons. The van der Waals surface area contributed by atoms with E-state index in [-0.39, 0.29) is 5.97 Å². The van der Waals surface area contributed by atoms with Crippen LogP contribution in [0.15, 0.2) is 47.1 Å². The molecule has 0 spiro atoms. The predicted octanol–water partition coefficient (Wildman–Crippen LogP) is 5.52. The molecule has 1 aliphatic carbocycles. The maximum Gasteiger partial charge on any atom is 0.333 e. The number of ether oxygens (including phenoxy) is 1. The molecule has 0 fully saturated rings. The zero-order valence-corrected chi connectivity index (χ0v) is 14.6. The molecule has 0 aromatic carbocycles. The van der Waals surface area contributed by atoms with Crippen LogP contribution in [-0.4, -0.2) is 12.6 Å². The molecular weight excluding hydrogens is 272 g/mol. The molecule has 0 aliphatic heterocycles. The van der Waals surface area contributed by atoms with Crippen molar-refractivity contribution in [3.8, 4) is 0 Å². The van der Waals surface area contributed by atoms with Crippen LogP contribution in [0.3, 0.4) is 0 Å². The van der Waals surface area contributed by atoms with Crippen LogP contribution < -0.4 is 0 Å². The van der Waals surface area contributed by atoms with Crippen molar-refractivity contribution in [1.29, 1.82) is 0 Å². The number of carbonyl (C=O) groups excluding carboxylic acids is 1. The van der Waals surface area contributed by atoms with Crippen molar-refractivity contribution in [3.05, 3.63) is 47.1 Å². The lowest BCUT2D eigenvalue weighted by atomic mass is 9.88. The van der Waals surface area contributed by atoms with Crippen molar-refractivity contribution < 1.29 is 9.53 Å². The van der Waals surface area contributed by atoms with E-state index >= 15 is 0 Å². The van der Waals surface area contributed by atoms with E-state index in [0.29, 0.717) is 18.1 Å². The van der Waals surface area contributed by atoms with Crippen LogP contribution in [0.4, 0.5) is 0 Å². The van der Waals surface area contributed by atoms with Gasteiger partial charge in [0.05, 0.1) is 0 Å². The van der Waals surface area contributed by atoms with Crippen molar-refractivity contribution in [2.45, 2.75) is 59.8 Å². The van der Waals surface area contributed by atoms with Crippen LogP contribution >= 0.6 is 0 Å². The highest BCUT2D eigenvalue weighted by Gasteiger charge is 2.15. The van der Waals surface area contributed by atoms with Gasteiger partial charge in [0.1, 0.15) is 6.61 Å². The van der Waals surface area contributed by atoms with Crippen LogP contribution in [0.2, 0.25) is 0 Å². The third-order valence-corrected chi connectivity index (χ3v) is 4.39. The van der Waals surface area contributed by atoms with Gasteiger partial charge in [-0.3, -0.25) is 0 Å². The number of allylic oxidation sites excluding steroid dienone is 5. The first kappa shape index (κ1) is 18.5. The van der Waals surface area contributed by atoms with Crippen molar-refractivity contribution in [3.63, 3.8) is 0 Å². The number of hydrogen-bond acceptors (Lipinski definition) is 2. The van der Waals surface area contributed by atoms with Crippen molar-refractivity contribution >= 4 is 5.97 Å². The molecule has 0 radical (unpaired) electrons. The molecule has 2 heteroatoms. The highest BCUT2D eigenvalue weighted by molar-refractivity contribution is 5.87. The maximum atomic E-state index is 11.7. The second-order valence-corrected chi connectivity index (χ2v) is 6.32. The molecule has 0 bridgehead atoms. The molecule has 0 unspecified atom stereocenters. The SMILES string of the molecule is C=C(COC(=O)/C(C)=C\C)[C@H]1C/C=C(\C)CC/C=C(\C)CC1. The summed E-state index contributed by atoms with van der Waals surface area (Å²) in [5.74, 6) is 0.140. The van der Waals surface area contributed by atoms with Gasteiger partial charge in [-0.15, -0.1) is 0 Å². The molecule has 22 heavy (non-hydrogen) atoms. The molecule has 1 atom stereocenters. The van der Waals surface area contributed by atoms with E-state index < -0.39 is 0 Å². The number of hydrogen-bond donors (Lipinski definition) is 0. The average molecular weight is 302 g/mol. The van der Waals surface area contributed by atoms with Crippen LogP contribution in [0.25, 0.3) is 0 Å². The molecule has 0 saturated heterocycles. The van der Waals surface area contributed by atoms with E-state index in [4.69, 9.17) is 4.74 Å². The largest absolute Gasteiger partial charge is 0.458 e. The van der Waals surface area contributed by atoms with Crippen LogP contribution in [0.5, 0.6) is 0 Å². The fourth-order valence-electron chi connectivity index (χ4n) is 2.49. The summed E-state index contributed by atoms with van der Waals surface area (Å²) in [5.41, 5.74) is 4.56. The summed E-state index contributed by atoms with van der Waals surface area (Å²) < 4.78 is 5.35. The van der Waals surface area contributed by atoms with Gasteiger partial charge in [-0.1, -0.05) is 36.0 Å². The summed E-state index contributed by atoms with van der Waals surface area (Å²) in [6.45, 7) is 12.5. The molecule has 0 heterocycles. The second kappa shape index (κ2) is 9.45. The predicted molar refractivity (Wildman–Crippen MR) is 93.6 cm³/mol. The van der Waals surface area contributed by atoms with Crippen molar-refractivity contribution in [2.24, 2.45) is 5.92 Å². The highest BCUT2D eigenvalue weighted by atomic mass is 16.5. The molecule has 0 N–H and O–H groups in total. The summed E-state index contributed by atoms with van der Waals surface area (Å²) >= 11 is 0. The third-order valence-electron chi connectivity index (χ3n) is 4.39. The van der Waals surface area contributed by atoms with Gasteiger partial charge in [-0.05, 0) is 71.3 Å². The zero-order valence-electron chi connectivity index (χ0n) is 14.6. The van der Waals surface area contributed by atoms with Crippen LogP contribution in [0, 0.1) is 5.92 Å². The molecule has 1 rings (SSSR count). The monoisotopic (exact) mass is 302 g/mol. The zero-order chi connectivity index (χ0) is 16.5. The molecule has 0 saturated carbocycles. The van der Waals surface area contributed by atoms with E-state index in [9.17, 15) is 4.79 Å². The summed E-state index contributed by atoms with van der Waals surface area (Å²) in [6.07, 6.45) is 11.9. The fourth-order valence-corrected chi connectivity index (χ4v) is 2.49. The van der Waals surface area contributed by atoms with Gasteiger partial charge in [-0.25, -0.2) is 4.79 Å². The van der Waals surface area contributed by atoms with Gasteiger partial charge in [-0.2, -0.15) is 0 Å². The molecule has 1 aliphatic rings. The Morgan fingerprint density at radius 1 is 1.32 bits per heavy atom. The van der Waals surface area contributed by atoms with E-state index in [1.54, 1.807) is 13.0 Å². The molecule has 2 nitrogen and oxygen atoms in total. The summed E-state index contributed by atoms with van der Waals surface area (Å²) in [7, 11) is 0. The van der Waals surface area contributed by atoms with E-state index in [1.165, 1.54) is 11.1 Å². The number of carbonyl (C=O) groups is 1. The smallest absolute Gasteiger partial charge is 0.333 e. The van der Waals surface area contributed by atoms with Crippen molar-refractivity contribution in [1.82, 2.24) is 0 Å². The van der Waals surface area contributed by atoms with Crippen LogP contribution in [-0.2, 0) is 9.53 Å². The number of rotatable bonds is 4. The Morgan fingerprint density at radius 2 is 2.00 bits per heavy atom. The van der Waals surface area contributed by atoms with E-state index in [1.807, 2.05) is 6.92 Å². The minimum absolute atomic E-state index is 0.244. The molecular formula is C20H30O2. The van der Waals surface area contributed by atoms with Gasteiger partial charge in [0.2, 0.25) is 0 Å². The van der Waals surface area contributed by atoms with Crippen LogP contribution in [0.1, 0.15) is 59.8 Å². The van der Waals surface area contributed by atoms with Gasteiger partial charge in [0.25, 0.3) is 0 Å². The standard InChI is InChI=1S/C20H30O2/c1-6-17(4)20(21)22-14-18(5)19-12-10-15(2)8-7-9-16(3)11-13-19/h6,8,11,19H,5,7,9-10,12-14H2,1-4H3/b15-8+,16-11+,17-6-/t19-/m1/s1. The van der Waals surface area contributed by atoms with Crippen molar-refractivity contribution in [2.75, 3.05) is 6.61 Å².